The number of benzene rings is 2. The Bertz CT molecular complexity index is 930. The van der Waals surface area contributed by atoms with Gasteiger partial charge in [0.05, 0.1) is 17.5 Å². The highest BCUT2D eigenvalue weighted by Crippen LogP contribution is 2.26. The molecule has 4 aromatic rings. The van der Waals surface area contributed by atoms with Crippen molar-refractivity contribution in [3.8, 4) is 28.5 Å². The zero-order chi connectivity index (χ0) is 15.6. The van der Waals surface area contributed by atoms with Gasteiger partial charge in [0, 0.05) is 10.0 Å². The fraction of sp³-hybridized carbons (Fsp3) is 0. The van der Waals surface area contributed by atoms with Crippen molar-refractivity contribution in [3.63, 3.8) is 0 Å². The van der Waals surface area contributed by atoms with E-state index in [2.05, 4.69) is 15.9 Å². The summed E-state index contributed by atoms with van der Waals surface area (Å²) in [6.45, 7) is 0. The Balaban J connectivity index is 1.91. The molecule has 2 aromatic carbocycles. The molecule has 0 aliphatic heterocycles. The van der Waals surface area contributed by atoms with E-state index in [-0.39, 0.29) is 0 Å². The van der Waals surface area contributed by atoms with Gasteiger partial charge in [-0.05, 0) is 30.3 Å². The molecule has 0 atom stereocenters. The summed E-state index contributed by atoms with van der Waals surface area (Å²) in [7, 11) is 0. The average Bonchev–Trinajstić information content (AvgIpc) is 3.25. The van der Waals surface area contributed by atoms with Gasteiger partial charge in [0.15, 0.2) is 11.6 Å². The van der Waals surface area contributed by atoms with Gasteiger partial charge in [0.1, 0.15) is 6.26 Å². The van der Waals surface area contributed by atoms with E-state index in [0.717, 1.165) is 27.1 Å². The van der Waals surface area contributed by atoms with E-state index < -0.39 is 0 Å². The highest BCUT2D eigenvalue weighted by atomic mass is 79.9. The van der Waals surface area contributed by atoms with Crippen LogP contribution in [0.4, 0.5) is 0 Å². The normalized spacial score (nSPS) is 10.8. The van der Waals surface area contributed by atoms with E-state index in [1.165, 1.54) is 0 Å². The molecule has 0 saturated carbocycles. The van der Waals surface area contributed by atoms with Crippen LogP contribution in [0.15, 0.2) is 82.1 Å². The van der Waals surface area contributed by atoms with Gasteiger partial charge in [0.25, 0.3) is 0 Å². The van der Waals surface area contributed by atoms with E-state index in [9.17, 15) is 0 Å². The molecule has 0 saturated heterocycles. The molecule has 0 radical (unpaired) electrons. The number of hydrogen-bond acceptors (Lipinski definition) is 3. The quantitative estimate of drug-likeness (QED) is 0.515. The van der Waals surface area contributed by atoms with Crippen molar-refractivity contribution in [2.75, 3.05) is 0 Å². The maximum atomic E-state index is 5.21. The third-order valence-corrected chi connectivity index (χ3v) is 3.96. The molecule has 0 bridgehead atoms. The Kier molecular flexibility index (Phi) is 3.55. The van der Waals surface area contributed by atoms with Crippen molar-refractivity contribution >= 4 is 15.9 Å². The summed E-state index contributed by atoms with van der Waals surface area (Å²) in [5, 5.41) is 4.69. The van der Waals surface area contributed by atoms with Crippen LogP contribution < -0.4 is 0 Å². The minimum Gasteiger partial charge on any atom is -0.472 e. The SMILES string of the molecule is Brc1cccc(-c2nc(-c3ccoc3)n(-c3ccccc3)n2)c1. The number of nitrogens with zero attached hydrogens (tertiary/aromatic N) is 3. The smallest absolute Gasteiger partial charge is 0.182 e. The first-order chi connectivity index (χ1) is 11.3. The molecule has 0 amide bonds. The van der Waals surface area contributed by atoms with Crippen LogP contribution in [-0.2, 0) is 0 Å². The van der Waals surface area contributed by atoms with Gasteiger partial charge < -0.3 is 4.42 Å². The molecule has 4 nitrogen and oxygen atoms in total. The van der Waals surface area contributed by atoms with Gasteiger partial charge in [-0.1, -0.05) is 46.3 Å². The second-order valence-corrected chi connectivity index (χ2v) is 5.94. The van der Waals surface area contributed by atoms with Crippen molar-refractivity contribution in [2.45, 2.75) is 0 Å². The highest BCUT2D eigenvalue weighted by molar-refractivity contribution is 9.10. The molecule has 5 heteroatoms. The fourth-order valence-electron chi connectivity index (χ4n) is 2.39. The van der Waals surface area contributed by atoms with Gasteiger partial charge in [-0.15, -0.1) is 5.10 Å². The molecule has 0 aliphatic carbocycles. The molecule has 0 aliphatic rings. The zero-order valence-corrected chi connectivity index (χ0v) is 13.6. The molecule has 0 unspecified atom stereocenters. The Labute approximate surface area is 141 Å². The second kappa shape index (κ2) is 5.85. The van der Waals surface area contributed by atoms with Gasteiger partial charge in [0.2, 0.25) is 0 Å². The molecular weight excluding hydrogens is 354 g/mol. The fourth-order valence-corrected chi connectivity index (χ4v) is 2.79. The van der Waals surface area contributed by atoms with Gasteiger partial charge >= 0.3 is 0 Å². The summed E-state index contributed by atoms with van der Waals surface area (Å²) >= 11 is 3.49. The summed E-state index contributed by atoms with van der Waals surface area (Å²) in [5.74, 6) is 1.42. The van der Waals surface area contributed by atoms with Crippen molar-refractivity contribution in [3.05, 3.63) is 77.7 Å². The maximum absolute atomic E-state index is 5.21. The van der Waals surface area contributed by atoms with Gasteiger partial charge in [-0.2, -0.15) is 0 Å². The Morgan fingerprint density at radius 1 is 0.913 bits per heavy atom. The van der Waals surface area contributed by atoms with Crippen LogP contribution in [-0.4, -0.2) is 14.8 Å². The number of aromatic nitrogens is 3. The van der Waals surface area contributed by atoms with Crippen LogP contribution in [0.5, 0.6) is 0 Å². The summed E-state index contributed by atoms with van der Waals surface area (Å²) in [6, 6.07) is 19.8. The molecule has 23 heavy (non-hydrogen) atoms. The van der Waals surface area contributed by atoms with Crippen LogP contribution in [0.2, 0.25) is 0 Å². The number of furan rings is 1. The molecule has 112 valence electrons. The number of hydrogen-bond donors (Lipinski definition) is 0. The predicted octanol–water partition coefficient (Wildman–Crippen LogP) is 4.96. The first kappa shape index (κ1) is 14.0. The zero-order valence-electron chi connectivity index (χ0n) is 12.1. The van der Waals surface area contributed by atoms with Crippen LogP contribution in [0.1, 0.15) is 0 Å². The minimum atomic E-state index is 0.673. The largest absolute Gasteiger partial charge is 0.472 e. The highest BCUT2D eigenvalue weighted by Gasteiger charge is 2.15. The lowest BCUT2D eigenvalue weighted by Gasteiger charge is -2.03. The van der Waals surface area contributed by atoms with E-state index in [1.807, 2.05) is 65.3 Å². The summed E-state index contributed by atoms with van der Waals surface area (Å²) in [4.78, 5) is 4.71. The lowest BCUT2D eigenvalue weighted by Crippen LogP contribution is -1.98. The molecule has 0 spiro atoms. The lowest BCUT2D eigenvalue weighted by atomic mass is 10.2. The molecule has 0 fully saturated rings. The van der Waals surface area contributed by atoms with Crippen LogP contribution in [0.3, 0.4) is 0 Å². The Morgan fingerprint density at radius 2 is 1.78 bits per heavy atom. The standard InChI is InChI=1S/C18H12BrN3O/c19-15-6-4-5-13(11-15)17-20-18(14-9-10-23-12-14)22(21-17)16-7-2-1-3-8-16/h1-12H. The van der Waals surface area contributed by atoms with Crippen molar-refractivity contribution in [1.82, 2.24) is 14.8 Å². The Hall–Kier alpha value is -2.66. The van der Waals surface area contributed by atoms with E-state index in [4.69, 9.17) is 14.5 Å². The number of para-hydroxylation sites is 1. The van der Waals surface area contributed by atoms with E-state index in [0.29, 0.717) is 5.82 Å². The predicted molar refractivity (Wildman–Crippen MR) is 92.2 cm³/mol. The van der Waals surface area contributed by atoms with Crippen molar-refractivity contribution < 1.29 is 4.42 Å². The van der Waals surface area contributed by atoms with Crippen LogP contribution in [0, 0.1) is 0 Å². The monoisotopic (exact) mass is 365 g/mol. The van der Waals surface area contributed by atoms with E-state index in [1.54, 1.807) is 12.5 Å². The van der Waals surface area contributed by atoms with Crippen LogP contribution >= 0.6 is 15.9 Å². The summed E-state index contributed by atoms with van der Waals surface area (Å²) in [5.41, 5.74) is 2.80. The molecule has 2 aromatic heterocycles. The van der Waals surface area contributed by atoms with Crippen molar-refractivity contribution in [2.24, 2.45) is 0 Å². The maximum Gasteiger partial charge on any atom is 0.182 e. The summed E-state index contributed by atoms with van der Waals surface area (Å²) < 4.78 is 8.04. The van der Waals surface area contributed by atoms with Crippen LogP contribution in [0.25, 0.3) is 28.5 Å². The molecule has 4 rings (SSSR count). The first-order valence-electron chi connectivity index (χ1n) is 7.12. The third-order valence-electron chi connectivity index (χ3n) is 3.47. The van der Waals surface area contributed by atoms with Gasteiger partial charge in [-0.25, -0.2) is 9.67 Å². The van der Waals surface area contributed by atoms with Gasteiger partial charge in [-0.3, -0.25) is 0 Å². The molecular formula is C18H12BrN3O. The summed E-state index contributed by atoms with van der Waals surface area (Å²) in [6.07, 6.45) is 3.31. The van der Waals surface area contributed by atoms with E-state index >= 15 is 0 Å². The first-order valence-corrected chi connectivity index (χ1v) is 7.91. The Morgan fingerprint density at radius 3 is 2.52 bits per heavy atom. The number of rotatable bonds is 3. The minimum absolute atomic E-state index is 0.673. The van der Waals surface area contributed by atoms with Crippen molar-refractivity contribution in [1.29, 1.82) is 0 Å². The second-order valence-electron chi connectivity index (χ2n) is 5.03. The molecule has 2 heterocycles. The third kappa shape index (κ3) is 2.71. The lowest BCUT2D eigenvalue weighted by molar-refractivity contribution is 0.567. The number of halogens is 1. The average molecular weight is 366 g/mol. The molecule has 0 N–H and O–H groups in total. The topological polar surface area (TPSA) is 43.9 Å².